The van der Waals surface area contributed by atoms with Gasteiger partial charge in [-0.1, -0.05) is 48.8 Å². The summed E-state index contributed by atoms with van der Waals surface area (Å²) in [6.45, 7) is 6.72. The highest BCUT2D eigenvalue weighted by Gasteiger charge is 2.21. The molecule has 1 aromatic carbocycles. The second kappa shape index (κ2) is 7.60. The quantitative estimate of drug-likeness (QED) is 0.764. The first-order valence-electron chi connectivity index (χ1n) is 7.26. The topological polar surface area (TPSA) is 55.1 Å². The van der Waals surface area contributed by atoms with Crippen LogP contribution in [-0.4, -0.2) is 20.6 Å². The number of carbonyl (C=O) groups is 1. The lowest BCUT2D eigenvalue weighted by Gasteiger charge is -2.11. The Morgan fingerprint density at radius 2 is 1.91 bits per heavy atom. The average Bonchev–Trinajstić information content (AvgIpc) is 2.74. The van der Waals surface area contributed by atoms with Gasteiger partial charge in [-0.05, 0) is 31.0 Å². The van der Waals surface area contributed by atoms with Crippen LogP contribution in [0, 0.1) is 0 Å². The standard InChI is InChI=1S/C16H18Cl2N2O2S/c1-4-20-13(8-14(21)22)19-15(9(2)3)16(20)23-12-6-10(17)5-11(18)7-12/h5-7,9H,4,8H2,1-3H3,(H,21,22). The number of carboxylic acids is 1. The molecule has 1 aromatic heterocycles. The first kappa shape index (κ1) is 18.2. The van der Waals surface area contributed by atoms with Crippen LogP contribution in [0.2, 0.25) is 10.0 Å². The third-order valence-electron chi connectivity index (χ3n) is 3.25. The molecular weight excluding hydrogens is 355 g/mol. The van der Waals surface area contributed by atoms with Crippen LogP contribution in [0.25, 0.3) is 0 Å². The van der Waals surface area contributed by atoms with Crippen molar-refractivity contribution in [3.63, 3.8) is 0 Å². The van der Waals surface area contributed by atoms with Crippen molar-refractivity contribution in [2.75, 3.05) is 0 Å². The van der Waals surface area contributed by atoms with Gasteiger partial charge in [0, 0.05) is 21.5 Å². The van der Waals surface area contributed by atoms with E-state index in [4.69, 9.17) is 28.3 Å². The minimum Gasteiger partial charge on any atom is -0.481 e. The van der Waals surface area contributed by atoms with Crippen LogP contribution in [-0.2, 0) is 17.8 Å². The lowest BCUT2D eigenvalue weighted by molar-refractivity contribution is -0.136. The molecule has 0 saturated carbocycles. The zero-order chi connectivity index (χ0) is 17.1. The summed E-state index contributed by atoms with van der Waals surface area (Å²) in [5.74, 6) is -0.130. The van der Waals surface area contributed by atoms with Gasteiger partial charge in [-0.3, -0.25) is 4.79 Å². The Morgan fingerprint density at radius 1 is 1.30 bits per heavy atom. The maximum Gasteiger partial charge on any atom is 0.311 e. The highest BCUT2D eigenvalue weighted by Crippen LogP contribution is 2.37. The highest BCUT2D eigenvalue weighted by atomic mass is 35.5. The Hall–Kier alpha value is -1.17. The van der Waals surface area contributed by atoms with Crippen LogP contribution < -0.4 is 0 Å². The molecule has 1 heterocycles. The van der Waals surface area contributed by atoms with Gasteiger partial charge >= 0.3 is 5.97 Å². The molecule has 0 spiro atoms. The Bertz CT molecular complexity index is 709. The van der Waals surface area contributed by atoms with Crippen molar-refractivity contribution in [2.45, 2.75) is 49.6 Å². The molecule has 7 heteroatoms. The Labute approximate surface area is 149 Å². The number of carboxylic acid groups (broad SMARTS) is 1. The summed E-state index contributed by atoms with van der Waals surface area (Å²) in [5.41, 5.74) is 0.893. The molecule has 124 valence electrons. The molecule has 0 aliphatic heterocycles. The number of nitrogens with zero attached hydrogens (tertiary/aromatic N) is 2. The summed E-state index contributed by atoms with van der Waals surface area (Å²) in [7, 11) is 0. The fourth-order valence-electron chi connectivity index (χ4n) is 2.28. The van der Waals surface area contributed by atoms with E-state index in [-0.39, 0.29) is 12.3 Å². The molecule has 0 unspecified atom stereocenters. The summed E-state index contributed by atoms with van der Waals surface area (Å²) in [6.07, 6.45) is -0.0928. The maximum absolute atomic E-state index is 11.1. The number of aliphatic carboxylic acids is 1. The fourth-order valence-corrected chi connectivity index (χ4v) is 4.26. The second-order valence-electron chi connectivity index (χ2n) is 5.40. The third kappa shape index (κ3) is 4.43. The Balaban J connectivity index is 2.50. The zero-order valence-electron chi connectivity index (χ0n) is 13.1. The lowest BCUT2D eigenvalue weighted by atomic mass is 10.1. The molecular formula is C16H18Cl2N2O2S. The van der Waals surface area contributed by atoms with E-state index in [9.17, 15) is 4.79 Å². The molecule has 0 bridgehead atoms. The number of aromatic nitrogens is 2. The minimum atomic E-state index is -0.887. The van der Waals surface area contributed by atoms with E-state index < -0.39 is 5.97 Å². The van der Waals surface area contributed by atoms with Gasteiger partial charge in [-0.15, -0.1) is 0 Å². The molecule has 0 amide bonds. The van der Waals surface area contributed by atoms with Crippen molar-refractivity contribution in [3.8, 4) is 0 Å². The van der Waals surface area contributed by atoms with Crippen LogP contribution >= 0.6 is 35.0 Å². The van der Waals surface area contributed by atoms with E-state index in [1.165, 1.54) is 11.8 Å². The number of rotatable bonds is 6. The minimum absolute atomic E-state index is 0.0928. The van der Waals surface area contributed by atoms with Gasteiger partial charge in [0.15, 0.2) is 0 Å². The van der Waals surface area contributed by atoms with E-state index in [0.717, 1.165) is 15.6 Å². The van der Waals surface area contributed by atoms with Crippen molar-refractivity contribution in [3.05, 3.63) is 39.8 Å². The van der Waals surface area contributed by atoms with E-state index in [1.807, 2.05) is 37.5 Å². The predicted octanol–water partition coefficient (Wildman–Crippen LogP) is 5.11. The maximum atomic E-state index is 11.1. The van der Waals surface area contributed by atoms with Gasteiger partial charge < -0.3 is 9.67 Å². The smallest absolute Gasteiger partial charge is 0.311 e. The molecule has 0 atom stereocenters. The van der Waals surface area contributed by atoms with Crippen molar-refractivity contribution in [1.29, 1.82) is 0 Å². The van der Waals surface area contributed by atoms with Crippen LogP contribution in [0.1, 0.15) is 38.2 Å². The van der Waals surface area contributed by atoms with Crippen molar-refractivity contribution in [1.82, 2.24) is 9.55 Å². The highest BCUT2D eigenvalue weighted by molar-refractivity contribution is 7.99. The van der Waals surface area contributed by atoms with E-state index >= 15 is 0 Å². The average molecular weight is 373 g/mol. The molecule has 0 fully saturated rings. The molecule has 1 N–H and O–H groups in total. The monoisotopic (exact) mass is 372 g/mol. The van der Waals surface area contributed by atoms with E-state index in [2.05, 4.69) is 4.98 Å². The molecule has 0 radical (unpaired) electrons. The summed E-state index contributed by atoms with van der Waals surface area (Å²) >= 11 is 13.6. The van der Waals surface area contributed by atoms with Gasteiger partial charge in [-0.2, -0.15) is 0 Å². The second-order valence-corrected chi connectivity index (χ2v) is 7.33. The number of hydrogen-bond acceptors (Lipinski definition) is 3. The summed E-state index contributed by atoms with van der Waals surface area (Å²) < 4.78 is 1.95. The molecule has 0 saturated heterocycles. The Kier molecular flexibility index (Phi) is 6.00. The predicted molar refractivity (Wildman–Crippen MR) is 93.9 cm³/mol. The van der Waals surface area contributed by atoms with Gasteiger partial charge in [0.1, 0.15) is 17.3 Å². The zero-order valence-corrected chi connectivity index (χ0v) is 15.5. The van der Waals surface area contributed by atoms with Gasteiger partial charge in [0.25, 0.3) is 0 Å². The molecule has 2 rings (SSSR count). The van der Waals surface area contributed by atoms with Gasteiger partial charge in [0.05, 0.1) is 5.69 Å². The van der Waals surface area contributed by atoms with Crippen molar-refractivity contribution < 1.29 is 9.90 Å². The molecule has 0 aliphatic rings. The van der Waals surface area contributed by atoms with Crippen LogP contribution in [0.5, 0.6) is 0 Å². The number of benzene rings is 1. The molecule has 2 aromatic rings. The lowest BCUT2D eigenvalue weighted by Crippen LogP contribution is -2.09. The largest absolute Gasteiger partial charge is 0.481 e. The number of hydrogen-bond donors (Lipinski definition) is 1. The third-order valence-corrected chi connectivity index (χ3v) is 4.78. The van der Waals surface area contributed by atoms with E-state index in [0.29, 0.717) is 22.4 Å². The van der Waals surface area contributed by atoms with Crippen molar-refractivity contribution in [2.24, 2.45) is 0 Å². The van der Waals surface area contributed by atoms with Crippen LogP contribution in [0.15, 0.2) is 28.1 Å². The SMILES string of the molecule is CCn1c(CC(=O)O)nc(C(C)C)c1Sc1cc(Cl)cc(Cl)c1. The molecule has 23 heavy (non-hydrogen) atoms. The van der Waals surface area contributed by atoms with Crippen LogP contribution in [0.4, 0.5) is 0 Å². The number of halogens is 2. The summed E-state index contributed by atoms with van der Waals surface area (Å²) in [6, 6.07) is 5.36. The first-order valence-corrected chi connectivity index (χ1v) is 8.84. The van der Waals surface area contributed by atoms with Gasteiger partial charge in [0.2, 0.25) is 0 Å². The first-order chi connectivity index (χ1) is 10.8. The number of imidazole rings is 1. The van der Waals surface area contributed by atoms with Gasteiger partial charge in [-0.25, -0.2) is 4.98 Å². The molecule has 4 nitrogen and oxygen atoms in total. The summed E-state index contributed by atoms with van der Waals surface area (Å²) in [4.78, 5) is 16.5. The normalized spacial score (nSPS) is 11.2. The molecule has 0 aliphatic carbocycles. The van der Waals surface area contributed by atoms with E-state index in [1.54, 1.807) is 6.07 Å². The fraction of sp³-hybridized carbons (Fsp3) is 0.375. The van der Waals surface area contributed by atoms with Crippen LogP contribution in [0.3, 0.4) is 0 Å². The summed E-state index contributed by atoms with van der Waals surface area (Å²) in [5, 5.41) is 11.2. The Morgan fingerprint density at radius 3 is 2.39 bits per heavy atom. The van der Waals surface area contributed by atoms with Crippen molar-refractivity contribution >= 4 is 40.9 Å².